The third kappa shape index (κ3) is 3.58. The lowest BCUT2D eigenvalue weighted by Crippen LogP contribution is -2.30. The summed E-state index contributed by atoms with van der Waals surface area (Å²) in [6, 6.07) is 15.8. The Bertz CT molecular complexity index is 1080. The number of halogens is 1. The highest BCUT2D eigenvalue weighted by atomic mass is 35.5. The van der Waals surface area contributed by atoms with Crippen LogP contribution in [0.2, 0.25) is 5.02 Å². The van der Waals surface area contributed by atoms with Crippen LogP contribution in [-0.4, -0.2) is 16.0 Å². The van der Waals surface area contributed by atoms with Gasteiger partial charge >= 0.3 is 5.95 Å². The second-order valence-electron chi connectivity index (χ2n) is 5.52. The van der Waals surface area contributed by atoms with Crippen LogP contribution in [0.4, 0.5) is 10.8 Å². The van der Waals surface area contributed by atoms with E-state index in [0.717, 1.165) is 5.69 Å². The van der Waals surface area contributed by atoms with E-state index in [0.29, 0.717) is 16.4 Å². The van der Waals surface area contributed by atoms with Gasteiger partial charge in [-0.1, -0.05) is 47.5 Å². The van der Waals surface area contributed by atoms with Crippen molar-refractivity contribution >= 4 is 45.4 Å². The van der Waals surface area contributed by atoms with Gasteiger partial charge in [0.15, 0.2) is 5.70 Å². The number of aliphatic hydroxyl groups is 1. The fraction of sp³-hybridized carbons (Fsp3) is 0. The molecule has 0 fully saturated rings. The zero-order valence-electron chi connectivity index (χ0n) is 14.1. The SMILES string of the molecule is O=C(N=Nc1nc(C2=C(O)ONN2c2ccccc2)cs1)c1ccccc1Cl. The molecule has 0 bridgehead atoms. The van der Waals surface area contributed by atoms with Gasteiger partial charge in [0.05, 0.1) is 16.3 Å². The Labute approximate surface area is 168 Å². The number of rotatable bonds is 4. The number of anilines is 1. The zero-order valence-corrected chi connectivity index (χ0v) is 15.7. The van der Waals surface area contributed by atoms with Crippen molar-refractivity contribution in [2.45, 2.75) is 0 Å². The Morgan fingerprint density at radius 2 is 1.93 bits per heavy atom. The number of amides is 1. The minimum Gasteiger partial charge on any atom is -0.478 e. The largest absolute Gasteiger partial charge is 0.478 e. The van der Waals surface area contributed by atoms with Gasteiger partial charge in [-0.3, -0.25) is 4.79 Å². The molecule has 0 radical (unpaired) electrons. The van der Waals surface area contributed by atoms with Crippen LogP contribution in [0.5, 0.6) is 0 Å². The molecule has 10 heteroatoms. The third-order valence-corrected chi connectivity index (χ3v) is 4.79. The van der Waals surface area contributed by atoms with Crippen molar-refractivity contribution < 1.29 is 14.7 Å². The van der Waals surface area contributed by atoms with Crippen molar-refractivity contribution in [3.8, 4) is 0 Å². The van der Waals surface area contributed by atoms with E-state index < -0.39 is 5.91 Å². The van der Waals surface area contributed by atoms with Gasteiger partial charge in [-0.25, -0.2) is 9.99 Å². The van der Waals surface area contributed by atoms with Crippen LogP contribution in [0.25, 0.3) is 5.70 Å². The van der Waals surface area contributed by atoms with Gasteiger partial charge in [0.25, 0.3) is 5.91 Å². The Balaban J connectivity index is 1.56. The molecule has 0 saturated carbocycles. The van der Waals surface area contributed by atoms with E-state index in [1.807, 2.05) is 30.3 Å². The lowest BCUT2D eigenvalue weighted by atomic mass is 10.2. The highest BCUT2D eigenvalue weighted by Crippen LogP contribution is 2.33. The molecule has 28 heavy (non-hydrogen) atoms. The molecule has 3 aromatic rings. The highest BCUT2D eigenvalue weighted by Gasteiger charge is 2.29. The average molecular weight is 414 g/mol. The van der Waals surface area contributed by atoms with Crippen molar-refractivity contribution in [1.29, 1.82) is 0 Å². The first-order valence-electron chi connectivity index (χ1n) is 8.01. The number of hydrogen-bond acceptors (Lipinski definition) is 8. The maximum Gasteiger partial charge on any atom is 0.327 e. The summed E-state index contributed by atoms with van der Waals surface area (Å²) >= 11 is 7.15. The number of aromatic nitrogens is 1. The van der Waals surface area contributed by atoms with Crippen LogP contribution in [0.3, 0.4) is 0 Å². The monoisotopic (exact) mass is 413 g/mol. The molecule has 1 aromatic heterocycles. The quantitative estimate of drug-likeness (QED) is 0.592. The predicted molar refractivity (Wildman–Crippen MR) is 105 cm³/mol. The molecular formula is C18H12ClN5O3S. The van der Waals surface area contributed by atoms with Crippen molar-refractivity contribution in [3.63, 3.8) is 0 Å². The molecule has 0 spiro atoms. The molecule has 0 saturated heterocycles. The van der Waals surface area contributed by atoms with Gasteiger partial charge in [-0.2, -0.15) is 0 Å². The van der Waals surface area contributed by atoms with Gasteiger partial charge in [-0.05, 0) is 24.3 Å². The molecule has 2 aromatic carbocycles. The third-order valence-electron chi connectivity index (χ3n) is 3.74. The predicted octanol–water partition coefficient (Wildman–Crippen LogP) is 4.86. The molecule has 1 amide bonds. The molecule has 0 atom stereocenters. The number of azo groups is 1. The molecule has 8 nitrogen and oxygen atoms in total. The van der Waals surface area contributed by atoms with E-state index >= 15 is 0 Å². The molecule has 1 aliphatic rings. The van der Waals surface area contributed by atoms with Gasteiger partial charge in [-0.15, -0.1) is 21.6 Å². The van der Waals surface area contributed by atoms with Crippen molar-refractivity contribution in [2.24, 2.45) is 10.2 Å². The number of nitrogens with one attached hydrogen (secondary N) is 1. The summed E-state index contributed by atoms with van der Waals surface area (Å²) in [5, 5.41) is 21.4. The minimum absolute atomic E-state index is 0.246. The number of carbonyl (C=O) groups is 1. The number of carbonyl (C=O) groups excluding carboxylic acids is 1. The minimum atomic E-state index is -0.568. The van der Waals surface area contributed by atoms with Gasteiger partial charge < -0.3 is 9.94 Å². The van der Waals surface area contributed by atoms with Crippen LogP contribution in [0, 0.1) is 0 Å². The normalized spacial score (nSPS) is 14.0. The highest BCUT2D eigenvalue weighted by molar-refractivity contribution is 7.13. The lowest BCUT2D eigenvalue weighted by Gasteiger charge is -2.17. The van der Waals surface area contributed by atoms with Crippen LogP contribution >= 0.6 is 22.9 Å². The van der Waals surface area contributed by atoms with E-state index in [2.05, 4.69) is 20.8 Å². The number of hydrazine groups is 1. The summed E-state index contributed by atoms with van der Waals surface area (Å²) in [4.78, 5) is 21.5. The topological polar surface area (TPSA) is 99.4 Å². The second kappa shape index (κ2) is 7.77. The van der Waals surface area contributed by atoms with Crippen molar-refractivity contribution in [3.05, 3.63) is 82.2 Å². The van der Waals surface area contributed by atoms with Crippen LogP contribution in [-0.2, 0) is 4.84 Å². The number of aliphatic hydroxyl groups excluding tert-OH is 1. The Morgan fingerprint density at radius 3 is 2.71 bits per heavy atom. The van der Waals surface area contributed by atoms with Gasteiger partial charge in [0.1, 0.15) is 5.69 Å². The molecule has 0 unspecified atom stereocenters. The summed E-state index contributed by atoms with van der Waals surface area (Å²) in [6.07, 6.45) is 0. The number of nitrogens with zero attached hydrogens (tertiary/aromatic N) is 4. The summed E-state index contributed by atoms with van der Waals surface area (Å²) in [6.45, 7) is 0. The molecule has 2 N–H and O–H groups in total. The maximum atomic E-state index is 12.1. The molecule has 2 heterocycles. The average Bonchev–Trinajstić information content (AvgIpc) is 3.33. The second-order valence-corrected chi connectivity index (χ2v) is 6.76. The van der Waals surface area contributed by atoms with Crippen molar-refractivity contribution in [2.75, 3.05) is 5.01 Å². The first kappa shape index (κ1) is 18.1. The molecule has 1 aliphatic heterocycles. The number of para-hydroxylation sites is 1. The first-order valence-corrected chi connectivity index (χ1v) is 9.26. The molecular weight excluding hydrogens is 402 g/mol. The Kier molecular flexibility index (Phi) is 5.02. The van der Waals surface area contributed by atoms with E-state index in [-0.39, 0.29) is 16.6 Å². The molecule has 4 rings (SSSR count). The van der Waals surface area contributed by atoms with E-state index in [4.69, 9.17) is 16.4 Å². The smallest absolute Gasteiger partial charge is 0.327 e. The number of hydrogen-bond donors (Lipinski definition) is 2. The van der Waals surface area contributed by atoms with Crippen molar-refractivity contribution in [1.82, 2.24) is 10.6 Å². The van der Waals surface area contributed by atoms with Crippen LogP contribution < -0.4 is 10.6 Å². The zero-order chi connectivity index (χ0) is 19.5. The Hall–Kier alpha value is -3.27. The molecule has 140 valence electrons. The van der Waals surface area contributed by atoms with Crippen LogP contribution in [0.1, 0.15) is 16.1 Å². The maximum absolute atomic E-state index is 12.1. The number of thiazole rings is 1. The van der Waals surface area contributed by atoms with Crippen LogP contribution in [0.15, 0.2) is 76.2 Å². The van der Waals surface area contributed by atoms with Gasteiger partial charge in [0, 0.05) is 5.38 Å². The fourth-order valence-corrected chi connectivity index (χ4v) is 3.29. The fourth-order valence-electron chi connectivity index (χ4n) is 2.46. The van der Waals surface area contributed by atoms with E-state index in [9.17, 15) is 9.90 Å². The van der Waals surface area contributed by atoms with E-state index in [1.54, 1.807) is 34.7 Å². The summed E-state index contributed by atoms with van der Waals surface area (Å²) < 4.78 is 0. The number of benzene rings is 2. The summed E-state index contributed by atoms with van der Waals surface area (Å²) in [7, 11) is 0. The first-order chi connectivity index (χ1) is 13.6. The van der Waals surface area contributed by atoms with Gasteiger partial charge in [0.2, 0.25) is 5.13 Å². The molecule has 0 aliphatic carbocycles. The Morgan fingerprint density at radius 1 is 1.18 bits per heavy atom. The summed E-state index contributed by atoms with van der Waals surface area (Å²) in [5.74, 6) is -0.897. The van der Waals surface area contributed by atoms with E-state index in [1.165, 1.54) is 11.3 Å². The lowest BCUT2D eigenvalue weighted by molar-refractivity contribution is 0.0461. The standard InChI is InChI=1S/C18H12ClN5O3S/c19-13-9-5-4-8-12(13)16(25)21-22-18-20-14(10-28-18)15-17(26)27-23-24(15)11-6-2-1-3-7-11/h1-10,23,26H. The summed E-state index contributed by atoms with van der Waals surface area (Å²) in [5.41, 5.74) is 4.34.